The van der Waals surface area contributed by atoms with Crippen LogP contribution in [-0.4, -0.2) is 51.4 Å². The first kappa shape index (κ1) is 17.2. The number of H-pyrrole nitrogens is 1. The van der Waals surface area contributed by atoms with Crippen molar-refractivity contribution in [3.63, 3.8) is 0 Å². The van der Waals surface area contributed by atoms with Crippen LogP contribution in [0, 0.1) is 13.8 Å². The molecule has 1 aromatic carbocycles. The Kier molecular flexibility index (Phi) is 4.88. The predicted molar refractivity (Wildman–Crippen MR) is 95.2 cm³/mol. The summed E-state index contributed by atoms with van der Waals surface area (Å²) in [6.07, 6.45) is 2.26. The van der Waals surface area contributed by atoms with Crippen molar-refractivity contribution in [1.82, 2.24) is 20.0 Å². The summed E-state index contributed by atoms with van der Waals surface area (Å²) in [6.45, 7) is 7.90. The Hall–Kier alpha value is -2.63. The summed E-state index contributed by atoms with van der Waals surface area (Å²) in [6, 6.07) is 6.34. The van der Waals surface area contributed by atoms with Crippen molar-refractivity contribution in [2.75, 3.05) is 19.6 Å². The zero-order valence-electron chi connectivity index (χ0n) is 15.0. The van der Waals surface area contributed by atoms with Crippen molar-refractivity contribution in [1.29, 1.82) is 0 Å². The van der Waals surface area contributed by atoms with Gasteiger partial charge in [0.1, 0.15) is 6.54 Å². The third-order valence-electron chi connectivity index (χ3n) is 4.56. The molecular formula is C19H24N4O2. The second-order valence-electron chi connectivity index (χ2n) is 6.65. The van der Waals surface area contributed by atoms with Crippen molar-refractivity contribution in [3.05, 3.63) is 52.3 Å². The number of carbonyl (C=O) groups excluding carboxylic acids is 2. The van der Waals surface area contributed by atoms with E-state index < -0.39 is 0 Å². The van der Waals surface area contributed by atoms with Gasteiger partial charge in [-0.1, -0.05) is 36.2 Å². The van der Waals surface area contributed by atoms with Gasteiger partial charge >= 0.3 is 0 Å². The van der Waals surface area contributed by atoms with Gasteiger partial charge in [-0.2, -0.15) is 5.10 Å². The number of amides is 2. The molecule has 0 saturated carbocycles. The van der Waals surface area contributed by atoms with Crippen LogP contribution in [0.15, 0.2) is 24.4 Å². The van der Waals surface area contributed by atoms with E-state index in [-0.39, 0.29) is 18.4 Å². The van der Waals surface area contributed by atoms with Crippen LogP contribution in [0.2, 0.25) is 0 Å². The average Bonchev–Trinajstić information content (AvgIpc) is 3.03. The van der Waals surface area contributed by atoms with Gasteiger partial charge < -0.3 is 9.80 Å². The van der Waals surface area contributed by atoms with E-state index in [0.29, 0.717) is 31.6 Å². The molecule has 132 valence electrons. The standard InChI is InChI=1S/C19H24N4O2/c1-4-17-16(10-20-21-17)19(25)23-6-5-22(18(24)12-23)11-15-8-13(2)7-14(3)9-15/h7-10H,4-6,11-12H2,1-3H3,(H,20,21). The number of rotatable bonds is 4. The predicted octanol–water partition coefficient (Wildman–Crippen LogP) is 2.07. The van der Waals surface area contributed by atoms with E-state index in [9.17, 15) is 9.59 Å². The lowest BCUT2D eigenvalue weighted by molar-refractivity contribution is -0.135. The molecule has 0 spiro atoms. The molecule has 6 nitrogen and oxygen atoms in total. The van der Waals surface area contributed by atoms with E-state index in [1.807, 2.05) is 11.8 Å². The van der Waals surface area contributed by atoms with E-state index in [1.54, 1.807) is 11.1 Å². The number of aromatic amines is 1. The molecule has 6 heteroatoms. The maximum Gasteiger partial charge on any atom is 0.257 e. The number of hydrogen-bond donors (Lipinski definition) is 1. The van der Waals surface area contributed by atoms with Gasteiger partial charge in [0.2, 0.25) is 5.91 Å². The van der Waals surface area contributed by atoms with Crippen molar-refractivity contribution < 1.29 is 9.59 Å². The molecule has 1 aromatic heterocycles. The SMILES string of the molecule is CCc1[nH]ncc1C(=O)N1CCN(Cc2cc(C)cc(C)c2)C(=O)C1. The lowest BCUT2D eigenvalue weighted by Crippen LogP contribution is -2.51. The average molecular weight is 340 g/mol. The number of benzene rings is 1. The van der Waals surface area contributed by atoms with Gasteiger partial charge in [0.05, 0.1) is 11.8 Å². The summed E-state index contributed by atoms with van der Waals surface area (Å²) in [5, 5.41) is 6.79. The van der Waals surface area contributed by atoms with Gasteiger partial charge in [-0.05, 0) is 25.8 Å². The first-order chi connectivity index (χ1) is 12.0. The van der Waals surface area contributed by atoms with E-state index in [2.05, 4.69) is 42.2 Å². The minimum absolute atomic E-state index is 0.0136. The van der Waals surface area contributed by atoms with Crippen LogP contribution in [0.3, 0.4) is 0 Å². The zero-order chi connectivity index (χ0) is 18.0. The van der Waals surface area contributed by atoms with Gasteiger partial charge in [-0.25, -0.2) is 0 Å². The van der Waals surface area contributed by atoms with Gasteiger partial charge in [-0.15, -0.1) is 0 Å². The van der Waals surface area contributed by atoms with Crippen molar-refractivity contribution in [2.24, 2.45) is 0 Å². The van der Waals surface area contributed by atoms with Crippen molar-refractivity contribution in [3.8, 4) is 0 Å². The summed E-state index contributed by atoms with van der Waals surface area (Å²) in [4.78, 5) is 28.6. The molecule has 0 radical (unpaired) electrons. The highest BCUT2D eigenvalue weighted by Gasteiger charge is 2.29. The number of aromatic nitrogens is 2. The van der Waals surface area contributed by atoms with Crippen LogP contribution in [0.5, 0.6) is 0 Å². The molecule has 1 N–H and O–H groups in total. The summed E-state index contributed by atoms with van der Waals surface area (Å²) in [5.74, 6) is -0.134. The quantitative estimate of drug-likeness (QED) is 0.926. The van der Waals surface area contributed by atoms with E-state index in [0.717, 1.165) is 11.3 Å². The normalized spacial score (nSPS) is 14.9. The fourth-order valence-corrected chi connectivity index (χ4v) is 3.37. The van der Waals surface area contributed by atoms with Gasteiger partial charge in [0, 0.05) is 25.3 Å². The fraction of sp³-hybridized carbons (Fsp3) is 0.421. The van der Waals surface area contributed by atoms with Gasteiger partial charge in [0.15, 0.2) is 0 Å². The first-order valence-electron chi connectivity index (χ1n) is 8.64. The Labute approximate surface area is 147 Å². The van der Waals surface area contributed by atoms with Crippen LogP contribution < -0.4 is 0 Å². The van der Waals surface area contributed by atoms with Crippen LogP contribution in [0.1, 0.15) is 39.7 Å². The Morgan fingerprint density at radius 2 is 1.92 bits per heavy atom. The second-order valence-corrected chi connectivity index (χ2v) is 6.65. The summed E-state index contributed by atoms with van der Waals surface area (Å²) >= 11 is 0. The molecule has 3 rings (SSSR count). The number of piperazine rings is 1. The molecular weight excluding hydrogens is 316 g/mol. The Bertz CT molecular complexity index is 776. The fourth-order valence-electron chi connectivity index (χ4n) is 3.37. The second kappa shape index (κ2) is 7.09. The number of hydrogen-bond acceptors (Lipinski definition) is 3. The van der Waals surface area contributed by atoms with Crippen molar-refractivity contribution in [2.45, 2.75) is 33.7 Å². The van der Waals surface area contributed by atoms with E-state index >= 15 is 0 Å². The highest BCUT2D eigenvalue weighted by Crippen LogP contribution is 2.16. The third-order valence-corrected chi connectivity index (χ3v) is 4.56. The molecule has 2 amide bonds. The lowest BCUT2D eigenvalue weighted by Gasteiger charge is -2.34. The third kappa shape index (κ3) is 3.73. The molecule has 0 unspecified atom stereocenters. The Morgan fingerprint density at radius 3 is 2.56 bits per heavy atom. The summed E-state index contributed by atoms with van der Waals surface area (Å²) in [7, 11) is 0. The van der Waals surface area contributed by atoms with Gasteiger partial charge in [0.25, 0.3) is 5.91 Å². The highest BCUT2D eigenvalue weighted by molar-refractivity contribution is 5.97. The van der Waals surface area contributed by atoms with Gasteiger partial charge in [-0.3, -0.25) is 14.7 Å². The smallest absolute Gasteiger partial charge is 0.257 e. The summed E-state index contributed by atoms with van der Waals surface area (Å²) in [5.41, 5.74) is 4.91. The topological polar surface area (TPSA) is 69.3 Å². The van der Waals surface area contributed by atoms with Crippen LogP contribution in [0.25, 0.3) is 0 Å². The van der Waals surface area contributed by atoms with E-state index in [4.69, 9.17) is 0 Å². The number of aryl methyl sites for hydroxylation is 3. The van der Waals surface area contributed by atoms with Crippen LogP contribution in [0.4, 0.5) is 0 Å². The molecule has 0 bridgehead atoms. The van der Waals surface area contributed by atoms with Crippen LogP contribution >= 0.6 is 0 Å². The maximum atomic E-state index is 12.6. The number of nitrogens with zero attached hydrogens (tertiary/aromatic N) is 3. The molecule has 2 aromatic rings. The van der Waals surface area contributed by atoms with Crippen LogP contribution in [-0.2, 0) is 17.8 Å². The largest absolute Gasteiger partial charge is 0.335 e. The molecule has 1 saturated heterocycles. The maximum absolute atomic E-state index is 12.6. The molecule has 0 aliphatic carbocycles. The molecule has 1 aliphatic rings. The first-order valence-corrected chi connectivity index (χ1v) is 8.64. The van der Waals surface area contributed by atoms with E-state index in [1.165, 1.54) is 11.1 Å². The number of carbonyl (C=O) groups is 2. The zero-order valence-corrected chi connectivity index (χ0v) is 15.0. The monoisotopic (exact) mass is 340 g/mol. The molecule has 25 heavy (non-hydrogen) atoms. The number of nitrogens with one attached hydrogen (secondary N) is 1. The Balaban J connectivity index is 1.66. The minimum Gasteiger partial charge on any atom is -0.335 e. The molecule has 0 atom stereocenters. The minimum atomic E-state index is -0.120. The molecule has 1 aliphatic heterocycles. The van der Waals surface area contributed by atoms with Crippen molar-refractivity contribution >= 4 is 11.8 Å². The highest BCUT2D eigenvalue weighted by atomic mass is 16.2. The lowest BCUT2D eigenvalue weighted by atomic mass is 10.1. The molecule has 2 heterocycles. The summed E-state index contributed by atoms with van der Waals surface area (Å²) < 4.78 is 0. The Morgan fingerprint density at radius 1 is 1.20 bits per heavy atom. The molecule has 1 fully saturated rings.